The molecule has 0 radical (unpaired) electrons. The van der Waals surface area contributed by atoms with Gasteiger partial charge in [-0.1, -0.05) is 0 Å². The third kappa shape index (κ3) is 3.53. The molecule has 0 fully saturated rings. The van der Waals surface area contributed by atoms with Gasteiger partial charge < -0.3 is 4.74 Å². The van der Waals surface area contributed by atoms with Gasteiger partial charge in [-0.2, -0.15) is 0 Å². The van der Waals surface area contributed by atoms with Crippen molar-refractivity contribution in [1.82, 2.24) is 0 Å². The Hall–Kier alpha value is -0.465. The fourth-order valence-corrected chi connectivity index (χ4v) is 0. The lowest BCUT2D eigenvalue weighted by Crippen LogP contribution is -1.92. The van der Waals surface area contributed by atoms with Crippen molar-refractivity contribution in [3.05, 3.63) is 0 Å². The lowest BCUT2D eigenvalue weighted by Gasteiger charge is -1.81. The highest BCUT2D eigenvalue weighted by atomic mass is 16.5. The average molecular weight is 71.9 g/mol. The Labute approximate surface area is 31.5 Å². The third-order valence-corrected chi connectivity index (χ3v) is 0.287. The largest absolute Gasteiger partial charge is 0.477 e. The molecule has 0 aromatic carbocycles. The van der Waals surface area contributed by atoms with Gasteiger partial charge in [0.25, 0.3) is 0 Å². The smallest absolute Gasteiger partial charge is 0.242 e. The third-order valence-electron chi connectivity index (χ3n) is 0.287. The molecule has 0 saturated carbocycles. The van der Waals surface area contributed by atoms with Crippen LogP contribution in [0.5, 0.6) is 0 Å². The number of hydrogen-bond donors (Lipinski definition) is 0. The summed E-state index contributed by atoms with van der Waals surface area (Å²) in [6, 6.07) is 0. The highest BCUT2D eigenvalue weighted by Crippen LogP contribution is 1.59. The molecule has 0 N–H and O–H groups in total. The van der Waals surface area contributed by atoms with E-state index in [2.05, 4.69) is 4.74 Å². The Morgan fingerprint density at radius 3 is 2.20 bits per heavy atom. The van der Waals surface area contributed by atoms with E-state index in [0.29, 0.717) is 0 Å². The second-order valence-electron chi connectivity index (χ2n) is 0.696. The molecule has 0 atom stereocenters. The van der Waals surface area contributed by atoms with E-state index in [1.807, 2.05) is 0 Å². The lowest BCUT2D eigenvalue weighted by atomic mass is 10.2. The monoisotopic (exact) mass is 72.0 g/mol. The van der Waals surface area contributed by atoms with E-state index in [9.17, 15) is 4.79 Å². The minimum Gasteiger partial charge on any atom is -0.477 e. The van der Waals surface area contributed by atoms with Crippen LogP contribution in [-0.2, 0) is 4.74 Å². The molecule has 0 amide bonds. The minimum atomic E-state index is -0.245. The van der Waals surface area contributed by atoms with Crippen LogP contribution in [0.25, 0.3) is 0 Å². The Morgan fingerprint density at radius 1 is 2.00 bits per heavy atom. The van der Waals surface area contributed by atoms with Crippen molar-refractivity contribution >= 4 is 13.7 Å². The standard InChI is InChI=1S/C2H5BO2/c1-5-2(3)4/h3H2,1H3. The Kier molecular flexibility index (Phi) is 1.65. The highest BCUT2D eigenvalue weighted by Gasteiger charge is 1.76. The number of carbonyl (C=O) groups is 1. The summed E-state index contributed by atoms with van der Waals surface area (Å²) in [5, 5.41) is 0. The molecule has 0 aliphatic heterocycles. The van der Waals surface area contributed by atoms with Crippen LogP contribution in [0.2, 0.25) is 0 Å². The van der Waals surface area contributed by atoms with Crippen molar-refractivity contribution in [1.29, 1.82) is 0 Å². The maximum Gasteiger partial charge on any atom is 0.242 e. The topological polar surface area (TPSA) is 26.3 Å². The van der Waals surface area contributed by atoms with Crippen molar-refractivity contribution in [2.45, 2.75) is 0 Å². The second kappa shape index (κ2) is 1.82. The van der Waals surface area contributed by atoms with Crippen LogP contribution in [0.15, 0.2) is 0 Å². The van der Waals surface area contributed by atoms with Gasteiger partial charge in [-0.3, -0.25) is 4.79 Å². The summed E-state index contributed by atoms with van der Waals surface area (Å²) in [5.41, 5.74) is 0. The van der Waals surface area contributed by atoms with Crippen LogP contribution in [0.1, 0.15) is 0 Å². The van der Waals surface area contributed by atoms with Gasteiger partial charge >= 0.3 is 0 Å². The van der Waals surface area contributed by atoms with Gasteiger partial charge in [-0.15, -0.1) is 0 Å². The second-order valence-corrected chi connectivity index (χ2v) is 0.696. The molecule has 2 nitrogen and oxygen atoms in total. The molecular weight excluding hydrogens is 66.8 g/mol. The highest BCUT2D eigenvalue weighted by molar-refractivity contribution is 6.55. The molecule has 0 spiro atoms. The van der Waals surface area contributed by atoms with Gasteiger partial charge in [0.15, 0.2) is 0 Å². The van der Waals surface area contributed by atoms with Crippen LogP contribution in [0, 0.1) is 0 Å². The molecule has 28 valence electrons. The summed E-state index contributed by atoms with van der Waals surface area (Å²) in [6.45, 7) is 0. The summed E-state index contributed by atoms with van der Waals surface area (Å²) in [7, 11) is 2.71. The van der Waals surface area contributed by atoms with Crippen LogP contribution in [0.3, 0.4) is 0 Å². The zero-order valence-corrected chi connectivity index (χ0v) is 3.32. The minimum absolute atomic E-state index is 0.245. The fourth-order valence-electron chi connectivity index (χ4n) is 0. The average Bonchev–Trinajstić information content (AvgIpc) is 1.38. The van der Waals surface area contributed by atoms with E-state index in [4.69, 9.17) is 0 Å². The zero-order chi connectivity index (χ0) is 4.28. The number of rotatable bonds is 0. The van der Waals surface area contributed by atoms with Crippen molar-refractivity contribution in [2.24, 2.45) is 0 Å². The molecule has 0 saturated heterocycles. The quantitative estimate of drug-likeness (QED) is 0.356. The molecule has 0 rings (SSSR count). The maximum absolute atomic E-state index is 9.59. The van der Waals surface area contributed by atoms with Crippen molar-refractivity contribution < 1.29 is 9.53 Å². The predicted molar refractivity (Wildman–Crippen MR) is 20.9 cm³/mol. The first-order valence-electron chi connectivity index (χ1n) is 1.32. The molecule has 0 bridgehead atoms. The van der Waals surface area contributed by atoms with E-state index < -0.39 is 0 Å². The number of ether oxygens (including phenoxy) is 1. The van der Waals surface area contributed by atoms with E-state index in [1.54, 1.807) is 0 Å². The molecule has 0 heterocycles. The van der Waals surface area contributed by atoms with Crippen LogP contribution < -0.4 is 0 Å². The fraction of sp³-hybridized carbons (Fsp3) is 0.500. The van der Waals surface area contributed by atoms with Gasteiger partial charge in [0.05, 0.1) is 7.11 Å². The summed E-state index contributed by atoms with van der Waals surface area (Å²) in [6.07, 6.45) is 0. The first kappa shape index (κ1) is 4.53. The number of hydrogen-bond acceptors (Lipinski definition) is 2. The van der Waals surface area contributed by atoms with Gasteiger partial charge in [-0.25, -0.2) is 0 Å². The van der Waals surface area contributed by atoms with E-state index in [0.717, 1.165) is 0 Å². The van der Waals surface area contributed by atoms with Crippen molar-refractivity contribution in [3.63, 3.8) is 0 Å². The van der Waals surface area contributed by atoms with Crippen LogP contribution in [0.4, 0.5) is 4.79 Å². The molecule has 0 aromatic rings. The molecule has 0 aliphatic rings. The lowest BCUT2D eigenvalue weighted by molar-refractivity contribution is 0.198. The van der Waals surface area contributed by atoms with Gasteiger partial charge in [0, 0.05) is 0 Å². The molecular formula is C2H5BO2. The molecule has 3 heteroatoms. The first-order chi connectivity index (χ1) is 2.27. The summed E-state index contributed by atoms with van der Waals surface area (Å²) < 4.78 is 4.11. The van der Waals surface area contributed by atoms with Crippen molar-refractivity contribution in [2.75, 3.05) is 7.11 Å². The Morgan fingerprint density at radius 2 is 2.20 bits per heavy atom. The van der Waals surface area contributed by atoms with Crippen molar-refractivity contribution in [3.8, 4) is 0 Å². The summed E-state index contributed by atoms with van der Waals surface area (Å²) in [4.78, 5) is 9.59. The Bertz CT molecular complexity index is 42.9. The molecule has 0 aromatic heterocycles. The van der Waals surface area contributed by atoms with E-state index in [-0.39, 0.29) is 5.87 Å². The first-order valence-corrected chi connectivity index (χ1v) is 1.32. The van der Waals surface area contributed by atoms with Crippen LogP contribution >= 0.6 is 0 Å². The van der Waals surface area contributed by atoms with Crippen LogP contribution in [-0.4, -0.2) is 20.8 Å². The summed E-state index contributed by atoms with van der Waals surface area (Å²) in [5.74, 6) is -0.245. The number of carbonyl (C=O) groups excluding carboxylic acids is 1. The predicted octanol–water partition coefficient (Wildman–Crippen LogP) is -0.614. The molecule has 0 unspecified atom stereocenters. The van der Waals surface area contributed by atoms with Gasteiger partial charge in [-0.05, 0) is 0 Å². The SMILES string of the molecule is BC(=O)OC. The Balaban J connectivity index is 2.85. The molecule has 5 heavy (non-hydrogen) atoms. The van der Waals surface area contributed by atoms with E-state index >= 15 is 0 Å². The van der Waals surface area contributed by atoms with Gasteiger partial charge in [0.2, 0.25) is 13.7 Å². The maximum atomic E-state index is 9.59. The normalized spacial score (nSPS) is 6.60. The van der Waals surface area contributed by atoms with Gasteiger partial charge in [0.1, 0.15) is 0 Å². The summed E-state index contributed by atoms with van der Waals surface area (Å²) >= 11 is 0. The number of methoxy groups -OCH3 is 1. The van der Waals surface area contributed by atoms with E-state index in [1.165, 1.54) is 15.0 Å². The zero-order valence-electron chi connectivity index (χ0n) is 3.32. The molecule has 0 aliphatic carbocycles.